The maximum atomic E-state index is 11.6. The molecule has 1 saturated carbocycles. The number of nitrogens with one attached hydrogen (secondary N) is 1. The Labute approximate surface area is 167 Å². The fourth-order valence-corrected chi connectivity index (χ4v) is 3.53. The molecule has 0 spiro atoms. The van der Waals surface area contributed by atoms with Gasteiger partial charge in [-0.05, 0) is 25.2 Å². The predicted molar refractivity (Wildman–Crippen MR) is 109 cm³/mol. The van der Waals surface area contributed by atoms with Gasteiger partial charge in [-0.25, -0.2) is 0 Å². The average Bonchev–Trinajstić information content (AvgIpc) is 2.99. The molecule has 0 bridgehead atoms. The zero-order valence-electron chi connectivity index (χ0n) is 16.0. The highest BCUT2D eigenvalue weighted by Gasteiger charge is 2.19. The van der Waals surface area contributed by atoms with E-state index in [9.17, 15) is 4.79 Å². The Morgan fingerprint density at radius 1 is 1.15 bits per heavy atom. The van der Waals surface area contributed by atoms with Crippen LogP contribution in [0.25, 0.3) is 0 Å². The number of carbonyl (C=O) groups is 1. The van der Waals surface area contributed by atoms with Crippen LogP contribution < -0.4 is 5.32 Å². The van der Waals surface area contributed by atoms with E-state index in [4.69, 9.17) is 9.84 Å². The number of hydrogen-bond acceptors (Lipinski definition) is 4. The molecule has 8 heteroatoms. The van der Waals surface area contributed by atoms with E-state index in [0.717, 1.165) is 44.5 Å². The van der Waals surface area contributed by atoms with E-state index in [1.807, 2.05) is 4.90 Å². The first-order chi connectivity index (χ1) is 12.2. The van der Waals surface area contributed by atoms with Crippen molar-refractivity contribution in [2.24, 2.45) is 10.9 Å². The van der Waals surface area contributed by atoms with Gasteiger partial charge < -0.3 is 25.0 Å². The van der Waals surface area contributed by atoms with Gasteiger partial charge in [0.1, 0.15) is 0 Å². The number of nitrogens with zero attached hydrogens (tertiary/aromatic N) is 3. The van der Waals surface area contributed by atoms with Crippen molar-refractivity contribution in [1.82, 2.24) is 15.1 Å². The second kappa shape index (κ2) is 13.3. The summed E-state index contributed by atoms with van der Waals surface area (Å²) in [7, 11) is 0. The van der Waals surface area contributed by atoms with Crippen LogP contribution in [0.2, 0.25) is 0 Å². The Bertz CT molecular complexity index is 431. The van der Waals surface area contributed by atoms with E-state index < -0.39 is 0 Å². The second-order valence-corrected chi connectivity index (χ2v) is 6.93. The fraction of sp³-hybridized carbons (Fsp3) is 0.889. The van der Waals surface area contributed by atoms with Crippen LogP contribution in [-0.2, 0) is 9.53 Å². The summed E-state index contributed by atoms with van der Waals surface area (Å²) in [6.07, 6.45) is 6.22. The molecule has 1 heterocycles. The quantitative estimate of drug-likeness (QED) is 0.358. The smallest absolute Gasteiger partial charge is 0.219 e. The maximum absolute atomic E-state index is 11.6. The van der Waals surface area contributed by atoms with E-state index in [1.165, 1.54) is 25.7 Å². The molecule has 2 rings (SSSR count). The number of aliphatic imine (C=N–C) groups is 1. The van der Waals surface area contributed by atoms with Gasteiger partial charge in [0.05, 0.1) is 19.8 Å². The van der Waals surface area contributed by atoms with Crippen LogP contribution >= 0.6 is 17.0 Å². The standard InChI is InChI=1S/C18H34N4O3.BrH/c1-16(24)21-9-4-10-22(12-11-21)18(19-7-13-23)20-8-14-25-15-17-5-2-3-6-17;/h17,23H,2-15H2,1H3,(H,19,20);1H. The van der Waals surface area contributed by atoms with Crippen molar-refractivity contribution in [3.63, 3.8) is 0 Å². The van der Waals surface area contributed by atoms with Gasteiger partial charge in [-0.3, -0.25) is 9.79 Å². The molecule has 2 fully saturated rings. The van der Waals surface area contributed by atoms with Crippen LogP contribution in [0.15, 0.2) is 4.99 Å². The number of halogens is 1. The van der Waals surface area contributed by atoms with Crippen molar-refractivity contribution in [2.75, 3.05) is 59.1 Å². The number of amides is 1. The predicted octanol–water partition coefficient (Wildman–Crippen LogP) is 1.26. The zero-order chi connectivity index (χ0) is 17.9. The number of guanidine groups is 1. The van der Waals surface area contributed by atoms with Crippen LogP contribution in [0, 0.1) is 5.92 Å². The maximum Gasteiger partial charge on any atom is 0.219 e. The third kappa shape index (κ3) is 8.22. The summed E-state index contributed by atoms with van der Waals surface area (Å²) in [4.78, 5) is 20.1. The van der Waals surface area contributed by atoms with E-state index in [-0.39, 0.29) is 29.5 Å². The highest BCUT2D eigenvalue weighted by atomic mass is 79.9. The van der Waals surface area contributed by atoms with Crippen LogP contribution in [0.1, 0.15) is 39.0 Å². The van der Waals surface area contributed by atoms with Gasteiger partial charge in [0.15, 0.2) is 5.96 Å². The molecule has 2 N–H and O–H groups in total. The average molecular weight is 435 g/mol. The molecule has 0 unspecified atom stereocenters. The van der Waals surface area contributed by atoms with Crippen LogP contribution in [0.5, 0.6) is 0 Å². The summed E-state index contributed by atoms with van der Waals surface area (Å²) in [5.41, 5.74) is 0. The fourth-order valence-electron chi connectivity index (χ4n) is 3.53. The molecular formula is C18H35BrN4O3. The first-order valence-corrected chi connectivity index (χ1v) is 9.68. The van der Waals surface area contributed by atoms with Crippen LogP contribution in [0.3, 0.4) is 0 Å². The Balaban J connectivity index is 0.00000338. The van der Waals surface area contributed by atoms with Crippen LogP contribution in [-0.4, -0.2) is 85.9 Å². The van der Waals surface area contributed by atoms with Gasteiger partial charge in [-0.15, -0.1) is 17.0 Å². The minimum atomic E-state index is 0. The minimum Gasteiger partial charge on any atom is -0.394 e. The second-order valence-electron chi connectivity index (χ2n) is 6.93. The van der Waals surface area contributed by atoms with Crippen molar-refractivity contribution in [1.29, 1.82) is 0 Å². The minimum absolute atomic E-state index is 0. The zero-order valence-corrected chi connectivity index (χ0v) is 17.7. The van der Waals surface area contributed by atoms with Gasteiger partial charge in [-0.2, -0.15) is 0 Å². The van der Waals surface area contributed by atoms with E-state index in [1.54, 1.807) is 6.92 Å². The number of ether oxygens (including phenoxy) is 1. The Kier molecular flexibility index (Phi) is 11.9. The first kappa shape index (κ1) is 23.2. The molecule has 0 aromatic heterocycles. The summed E-state index contributed by atoms with van der Waals surface area (Å²) >= 11 is 0. The van der Waals surface area contributed by atoms with Crippen molar-refractivity contribution >= 4 is 28.8 Å². The summed E-state index contributed by atoms with van der Waals surface area (Å²) in [6, 6.07) is 0. The molecule has 0 radical (unpaired) electrons. The molecule has 7 nitrogen and oxygen atoms in total. The molecule has 1 aliphatic heterocycles. The van der Waals surface area contributed by atoms with Crippen molar-refractivity contribution < 1.29 is 14.6 Å². The molecule has 1 amide bonds. The Morgan fingerprint density at radius 2 is 1.85 bits per heavy atom. The third-order valence-corrected chi connectivity index (χ3v) is 4.96. The van der Waals surface area contributed by atoms with Gasteiger partial charge in [0.2, 0.25) is 5.91 Å². The Morgan fingerprint density at radius 3 is 2.54 bits per heavy atom. The highest BCUT2D eigenvalue weighted by molar-refractivity contribution is 8.93. The van der Waals surface area contributed by atoms with Gasteiger partial charge in [0.25, 0.3) is 0 Å². The van der Waals surface area contributed by atoms with E-state index >= 15 is 0 Å². The normalized spacial score (nSPS) is 19.2. The van der Waals surface area contributed by atoms with Gasteiger partial charge >= 0.3 is 0 Å². The summed E-state index contributed by atoms with van der Waals surface area (Å²) in [5, 5.41) is 12.4. The van der Waals surface area contributed by atoms with E-state index in [0.29, 0.717) is 26.2 Å². The van der Waals surface area contributed by atoms with Gasteiger partial charge in [-0.1, -0.05) is 12.8 Å². The molecule has 0 atom stereocenters. The van der Waals surface area contributed by atoms with Gasteiger partial charge in [0, 0.05) is 46.3 Å². The lowest BCUT2D eigenvalue weighted by Crippen LogP contribution is -2.45. The molecule has 1 aliphatic carbocycles. The first-order valence-electron chi connectivity index (χ1n) is 9.68. The summed E-state index contributed by atoms with van der Waals surface area (Å²) < 4.78 is 5.79. The SMILES string of the molecule is Br.CC(=O)N1CCCN(C(=NCCO)NCCOCC2CCCC2)CC1. The number of carbonyl (C=O) groups excluding carboxylic acids is 1. The van der Waals surface area contributed by atoms with E-state index in [2.05, 4.69) is 15.2 Å². The number of aliphatic hydroxyl groups is 1. The van der Waals surface area contributed by atoms with Crippen molar-refractivity contribution in [3.05, 3.63) is 0 Å². The van der Waals surface area contributed by atoms with Crippen LogP contribution in [0.4, 0.5) is 0 Å². The summed E-state index contributed by atoms with van der Waals surface area (Å²) in [6.45, 7) is 7.43. The lowest BCUT2D eigenvalue weighted by atomic mass is 10.1. The monoisotopic (exact) mass is 434 g/mol. The Hall–Kier alpha value is -0.860. The number of hydrogen-bond donors (Lipinski definition) is 2. The molecule has 0 aromatic carbocycles. The molecule has 1 saturated heterocycles. The molecule has 152 valence electrons. The summed E-state index contributed by atoms with van der Waals surface area (Å²) in [5.74, 6) is 1.68. The number of aliphatic hydroxyl groups excluding tert-OH is 1. The van der Waals surface area contributed by atoms with Crippen molar-refractivity contribution in [3.8, 4) is 0 Å². The topological polar surface area (TPSA) is 77.4 Å². The highest BCUT2D eigenvalue weighted by Crippen LogP contribution is 2.24. The molecule has 2 aliphatic rings. The number of rotatable bonds is 7. The molecule has 0 aromatic rings. The van der Waals surface area contributed by atoms with Crippen molar-refractivity contribution in [2.45, 2.75) is 39.0 Å². The largest absolute Gasteiger partial charge is 0.394 e. The lowest BCUT2D eigenvalue weighted by molar-refractivity contribution is -0.128. The third-order valence-electron chi connectivity index (χ3n) is 4.96. The molecular weight excluding hydrogens is 400 g/mol. The lowest BCUT2D eigenvalue weighted by Gasteiger charge is -2.25. The molecule has 26 heavy (non-hydrogen) atoms.